The Labute approximate surface area is 108 Å². The summed E-state index contributed by atoms with van der Waals surface area (Å²) in [7, 11) is 0. The van der Waals surface area contributed by atoms with Gasteiger partial charge in [0.05, 0.1) is 0 Å². The number of aromatic nitrogens is 2. The molecular weight excluding hydrogens is 228 g/mol. The normalized spacial score (nSPS) is 17.4. The van der Waals surface area contributed by atoms with E-state index < -0.39 is 0 Å². The molecule has 0 saturated carbocycles. The summed E-state index contributed by atoms with van der Waals surface area (Å²) in [4.78, 5) is 11.1. The van der Waals surface area contributed by atoms with Crippen LogP contribution in [-0.4, -0.2) is 34.8 Å². The van der Waals surface area contributed by atoms with Gasteiger partial charge in [0.2, 0.25) is 0 Å². The van der Waals surface area contributed by atoms with Gasteiger partial charge in [0, 0.05) is 31.7 Å². The van der Waals surface area contributed by atoms with Crippen LogP contribution in [0.1, 0.15) is 38.4 Å². The summed E-state index contributed by atoms with van der Waals surface area (Å²) in [5.41, 5.74) is 5.84. The van der Waals surface area contributed by atoms with E-state index in [1.54, 1.807) is 0 Å². The Morgan fingerprint density at radius 1 is 1.39 bits per heavy atom. The number of nitrogens with two attached hydrogens (primary N) is 1. The molecule has 1 aliphatic heterocycles. The molecule has 0 aliphatic carbocycles. The summed E-state index contributed by atoms with van der Waals surface area (Å²) in [6, 6.07) is 1.84. The van der Waals surface area contributed by atoms with Crippen molar-refractivity contribution < 1.29 is 5.11 Å². The average Bonchev–Trinajstić information content (AvgIpc) is 2.38. The maximum absolute atomic E-state index is 9.14. The highest BCUT2D eigenvalue weighted by atomic mass is 16.3. The van der Waals surface area contributed by atoms with Crippen molar-refractivity contribution in [1.82, 2.24) is 9.97 Å². The third-order valence-corrected chi connectivity index (χ3v) is 3.46. The molecule has 0 spiro atoms. The minimum Gasteiger partial charge on any atom is -0.396 e. The first-order chi connectivity index (χ1) is 8.60. The van der Waals surface area contributed by atoms with E-state index in [1.165, 1.54) is 0 Å². The van der Waals surface area contributed by atoms with Crippen LogP contribution in [0.2, 0.25) is 0 Å². The molecule has 1 aromatic rings. The van der Waals surface area contributed by atoms with Gasteiger partial charge < -0.3 is 15.7 Å². The number of nitrogens with zero attached hydrogens (tertiary/aromatic N) is 3. The zero-order valence-electron chi connectivity index (χ0n) is 11.1. The van der Waals surface area contributed by atoms with Gasteiger partial charge in [0.15, 0.2) is 0 Å². The highest BCUT2D eigenvalue weighted by Gasteiger charge is 2.20. The van der Waals surface area contributed by atoms with Crippen LogP contribution in [-0.2, 0) is 0 Å². The number of rotatable bonds is 3. The van der Waals surface area contributed by atoms with Crippen molar-refractivity contribution in [2.75, 3.05) is 30.3 Å². The van der Waals surface area contributed by atoms with E-state index >= 15 is 0 Å². The first-order valence-corrected chi connectivity index (χ1v) is 6.60. The summed E-state index contributed by atoms with van der Waals surface area (Å²) < 4.78 is 0. The largest absolute Gasteiger partial charge is 0.396 e. The van der Waals surface area contributed by atoms with E-state index in [4.69, 9.17) is 10.8 Å². The van der Waals surface area contributed by atoms with Crippen molar-refractivity contribution in [3.63, 3.8) is 0 Å². The molecule has 1 fully saturated rings. The molecule has 0 bridgehead atoms. The molecular formula is C13H22N4O. The molecule has 1 aliphatic rings. The van der Waals surface area contributed by atoms with E-state index in [0.29, 0.717) is 11.7 Å². The Morgan fingerprint density at radius 3 is 2.61 bits per heavy atom. The smallest absolute Gasteiger partial charge is 0.135 e. The predicted octanol–water partition coefficient (Wildman–Crippen LogP) is 1.39. The van der Waals surface area contributed by atoms with Crippen LogP contribution < -0.4 is 10.6 Å². The molecule has 0 atom stereocenters. The number of aliphatic hydroxyl groups is 1. The number of anilines is 2. The predicted molar refractivity (Wildman–Crippen MR) is 72.6 cm³/mol. The molecule has 0 aromatic carbocycles. The van der Waals surface area contributed by atoms with Gasteiger partial charge in [0.1, 0.15) is 17.5 Å². The molecule has 5 heteroatoms. The number of piperidine rings is 1. The Hall–Kier alpha value is -1.36. The lowest BCUT2D eigenvalue weighted by atomic mass is 9.98. The summed E-state index contributed by atoms with van der Waals surface area (Å²) in [6.45, 7) is 6.28. The van der Waals surface area contributed by atoms with E-state index in [-0.39, 0.29) is 12.5 Å². The summed E-state index contributed by atoms with van der Waals surface area (Å²) in [6.07, 6.45) is 2.02. The van der Waals surface area contributed by atoms with Crippen molar-refractivity contribution in [1.29, 1.82) is 0 Å². The van der Waals surface area contributed by atoms with E-state index in [9.17, 15) is 0 Å². The zero-order chi connectivity index (χ0) is 13.1. The van der Waals surface area contributed by atoms with Crippen LogP contribution in [0.3, 0.4) is 0 Å². The molecule has 100 valence electrons. The lowest BCUT2D eigenvalue weighted by molar-refractivity contribution is 0.202. The van der Waals surface area contributed by atoms with Crippen molar-refractivity contribution >= 4 is 11.6 Å². The number of hydrogen-bond donors (Lipinski definition) is 2. The minimum atomic E-state index is 0.280. The van der Waals surface area contributed by atoms with Crippen LogP contribution in [0.15, 0.2) is 6.07 Å². The Kier molecular flexibility index (Phi) is 4.01. The maximum atomic E-state index is 9.14. The number of aliphatic hydroxyl groups excluding tert-OH is 1. The van der Waals surface area contributed by atoms with Crippen molar-refractivity contribution in [2.45, 2.75) is 32.6 Å². The van der Waals surface area contributed by atoms with Gasteiger partial charge in [0.25, 0.3) is 0 Å². The van der Waals surface area contributed by atoms with Crippen molar-refractivity contribution in [2.24, 2.45) is 5.92 Å². The zero-order valence-corrected chi connectivity index (χ0v) is 11.1. The first kappa shape index (κ1) is 13.1. The van der Waals surface area contributed by atoms with Gasteiger partial charge in [-0.2, -0.15) is 0 Å². The third kappa shape index (κ3) is 2.90. The topological polar surface area (TPSA) is 75.3 Å². The summed E-state index contributed by atoms with van der Waals surface area (Å²) >= 11 is 0. The number of hydrogen-bond acceptors (Lipinski definition) is 5. The second-order valence-electron chi connectivity index (χ2n) is 5.28. The van der Waals surface area contributed by atoms with E-state index in [2.05, 4.69) is 28.7 Å². The Balaban J connectivity index is 2.13. The average molecular weight is 250 g/mol. The highest BCUT2D eigenvalue weighted by Crippen LogP contribution is 2.24. The maximum Gasteiger partial charge on any atom is 0.135 e. The molecule has 0 amide bonds. The molecule has 5 nitrogen and oxygen atoms in total. The van der Waals surface area contributed by atoms with Gasteiger partial charge in [-0.25, -0.2) is 9.97 Å². The summed E-state index contributed by atoms with van der Waals surface area (Å²) in [5, 5.41) is 9.14. The molecule has 1 saturated heterocycles. The van der Waals surface area contributed by atoms with Gasteiger partial charge in [-0.1, -0.05) is 13.8 Å². The minimum absolute atomic E-state index is 0.280. The Bertz CT molecular complexity index is 400. The second-order valence-corrected chi connectivity index (χ2v) is 5.28. The van der Waals surface area contributed by atoms with Gasteiger partial charge in [-0.05, 0) is 18.8 Å². The van der Waals surface area contributed by atoms with Gasteiger partial charge >= 0.3 is 0 Å². The third-order valence-electron chi connectivity index (χ3n) is 3.46. The molecule has 0 unspecified atom stereocenters. The first-order valence-electron chi connectivity index (χ1n) is 6.60. The van der Waals surface area contributed by atoms with Crippen molar-refractivity contribution in [3.8, 4) is 0 Å². The van der Waals surface area contributed by atoms with Crippen LogP contribution in [0.4, 0.5) is 11.6 Å². The molecule has 0 radical (unpaired) electrons. The lowest BCUT2D eigenvalue weighted by Gasteiger charge is -2.32. The van der Waals surface area contributed by atoms with Crippen LogP contribution >= 0.6 is 0 Å². The molecule has 3 N–H and O–H groups in total. The fourth-order valence-corrected chi connectivity index (χ4v) is 2.24. The molecule has 1 aromatic heterocycles. The number of nitrogen functional groups attached to an aromatic ring is 1. The van der Waals surface area contributed by atoms with Crippen LogP contribution in [0.5, 0.6) is 0 Å². The SMILES string of the molecule is CC(C)c1nc(N)cc(N2CCC(CO)CC2)n1. The fraction of sp³-hybridized carbons (Fsp3) is 0.692. The van der Waals surface area contributed by atoms with Crippen molar-refractivity contribution in [3.05, 3.63) is 11.9 Å². The highest BCUT2D eigenvalue weighted by molar-refractivity contribution is 5.47. The monoisotopic (exact) mass is 250 g/mol. The van der Waals surface area contributed by atoms with Gasteiger partial charge in [-0.3, -0.25) is 0 Å². The molecule has 2 heterocycles. The van der Waals surface area contributed by atoms with Crippen LogP contribution in [0, 0.1) is 5.92 Å². The standard InChI is InChI=1S/C13H22N4O/c1-9(2)13-15-11(14)7-12(16-13)17-5-3-10(8-18)4-6-17/h7,9-10,18H,3-6,8H2,1-2H3,(H2,14,15,16). The van der Waals surface area contributed by atoms with E-state index in [1.807, 2.05) is 6.07 Å². The van der Waals surface area contributed by atoms with E-state index in [0.717, 1.165) is 37.6 Å². The summed E-state index contributed by atoms with van der Waals surface area (Å²) in [5.74, 6) is 2.97. The second kappa shape index (κ2) is 5.52. The quantitative estimate of drug-likeness (QED) is 0.848. The molecule has 2 rings (SSSR count). The Morgan fingerprint density at radius 2 is 2.06 bits per heavy atom. The molecule has 18 heavy (non-hydrogen) atoms. The fourth-order valence-electron chi connectivity index (χ4n) is 2.24. The lowest BCUT2D eigenvalue weighted by Crippen LogP contribution is -2.35. The van der Waals surface area contributed by atoms with Gasteiger partial charge in [-0.15, -0.1) is 0 Å². The van der Waals surface area contributed by atoms with Crippen LogP contribution in [0.25, 0.3) is 0 Å².